The van der Waals surface area contributed by atoms with Crippen molar-refractivity contribution in [3.05, 3.63) is 52.7 Å². The molecule has 7 heteroatoms. The molecule has 2 aromatic heterocycles. The number of aryl methyl sites for hydroxylation is 1. The second-order valence-corrected chi connectivity index (χ2v) is 9.65. The zero-order valence-corrected chi connectivity index (χ0v) is 20.4. The van der Waals surface area contributed by atoms with Crippen molar-refractivity contribution < 1.29 is 9.59 Å². The van der Waals surface area contributed by atoms with E-state index < -0.39 is 0 Å². The standard InChI is InChI=1S/C26H32N4O2S/c1-3-19-7-5-8-20(12-11-19)23(31)9-6-10-24(32)29-13-15-30(16-14-29)25-22-17-21(4-2)33-26(22)28-18-27-25/h5,8,11-12,17-18H,3-4,6-7,9-10,13-16H2,1-2H3. The molecule has 0 radical (unpaired) electrons. The maximum absolute atomic E-state index is 12.7. The lowest BCUT2D eigenvalue weighted by Crippen LogP contribution is -2.49. The van der Waals surface area contributed by atoms with Crippen LogP contribution >= 0.6 is 11.3 Å². The summed E-state index contributed by atoms with van der Waals surface area (Å²) in [5, 5.41) is 1.11. The van der Waals surface area contributed by atoms with Crippen molar-refractivity contribution in [3.8, 4) is 0 Å². The molecule has 2 aliphatic rings. The smallest absolute Gasteiger partial charge is 0.222 e. The van der Waals surface area contributed by atoms with E-state index in [-0.39, 0.29) is 11.7 Å². The summed E-state index contributed by atoms with van der Waals surface area (Å²) in [6, 6.07) is 2.20. The highest BCUT2D eigenvalue weighted by Gasteiger charge is 2.23. The normalized spacial score (nSPS) is 16.5. The summed E-state index contributed by atoms with van der Waals surface area (Å²) < 4.78 is 0. The molecule has 4 rings (SSSR count). The number of rotatable bonds is 8. The maximum Gasteiger partial charge on any atom is 0.222 e. The van der Waals surface area contributed by atoms with Crippen LogP contribution in [0.1, 0.15) is 50.8 Å². The third kappa shape index (κ3) is 5.58. The lowest BCUT2D eigenvalue weighted by atomic mass is 10.0. The fraction of sp³-hybridized carbons (Fsp3) is 0.462. The minimum atomic E-state index is 0.118. The first-order chi connectivity index (χ1) is 16.1. The number of ketones is 1. The molecule has 1 fully saturated rings. The number of Topliss-reactive ketones (excluding diaryl/α,β-unsaturated/α-hetero) is 1. The Labute approximate surface area is 199 Å². The Morgan fingerprint density at radius 3 is 2.61 bits per heavy atom. The van der Waals surface area contributed by atoms with Crippen molar-refractivity contribution in [2.24, 2.45) is 0 Å². The number of fused-ring (bicyclic) bond motifs is 1. The molecule has 0 spiro atoms. The van der Waals surface area contributed by atoms with Crippen molar-refractivity contribution in [2.75, 3.05) is 31.1 Å². The number of aromatic nitrogens is 2. The minimum absolute atomic E-state index is 0.118. The Hall–Kier alpha value is -2.80. The summed E-state index contributed by atoms with van der Waals surface area (Å²) in [6.07, 6.45) is 13.9. The van der Waals surface area contributed by atoms with Crippen LogP contribution < -0.4 is 4.90 Å². The van der Waals surface area contributed by atoms with Gasteiger partial charge in [-0.3, -0.25) is 9.59 Å². The van der Waals surface area contributed by atoms with Crippen LogP contribution in [0.3, 0.4) is 0 Å². The van der Waals surface area contributed by atoms with Gasteiger partial charge in [0.1, 0.15) is 17.0 Å². The van der Waals surface area contributed by atoms with E-state index in [0.717, 1.165) is 54.0 Å². The molecule has 0 aromatic carbocycles. The van der Waals surface area contributed by atoms with Crippen LogP contribution in [0.4, 0.5) is 5.82 Å². The van der Waals surface area contributed by atoms with E-state index in [1.165, 1.54) is 10.5 Å². The van der Waals surface area contributed by atoms with Gasteiger partial charge < -0.3 is 9.80 Å². The third-order valence-corrected chi connectivity index (χ3v) is 7.57. The Balaban J connectivity index is 1.26. The lowest BCUT2D eigenvalue weighted by Gasteiger charge is -2.35. The quantitative estimate of drug-likeness (QED) is 0.558. The molecule has 1 saturated heterocycles. The van der Waals surface area contributed by atoms with Gasteiger partial charge in [0.25, 0.3) is 0 Å². The Bertz CT molecular complexity index is 1110. The van der Waals surface area contributed by atoms with E-state index in [0.29, 0.717) is 32.4 Å². The average molecular weight is 465 g/mol. The molecule has 174 valence electrons. The molecule has 0 N–H and O–H groups in total. The molecule has 6 nitrogen and oxygen atoms in total. The lowest BCUT2D eigenvalue weighted by molar-refractivity contribution is -0.131. The van der Waals surface area contributed by atoms with Gasteiger partial charge in [0, 0.05) is 49.5 Å². The van der Waals surface area contributed by atoms with E-state index in [4.69, 9.17) is 0 Å². The van der Waals surface area contributed by atoms with Crippen LogP contribution in [0, 0.1) is 0 Å². The highest BCUT2D eigenvalue weighted by molar-refractivity contribution is 7.18. The predicted molar refractivity (Wildman–Crippen MR) is 135 cm³/mol. The van der Waals surface area contributed by atoms with E-state index in [2.05, 4.69) is 46.9 Å². The zero-order chi connectivity index (χ0) is 23.2. The number of nitrogens with zero attached hydrogens (tertiary/aromatic N) is 4. The van der Waals surface area contributed by atoms with Crippen molar-refractivity contribution in [1.82, 2.24) is 14.9 Å². The summed E-state index contributed by atoms with van der Waals surface area (Å²) in [5.74, 6) is 1.23. The van der Waals surface area contributed by atoms with Crippen LogP contribution in [0.25, 0.3) is 10.2 Å². The predicted octanol–water partition coefficient (Wildman–Crippen LogP) is 4.86. The van der Waals surface area contributed by atoms with Crippen LogP contribution in [-0.2, 0) is 16.0 Å². The van der Waals surface area contributed by atoms with Gasteiger partial charge in [-0.2, -0.15) is 0 Å². The van der Waals surface area contributed by atoms with Gasteiger partial charge in [0.15, 0.2) is 5.78 Å². The maximum atomic E-state index is 12.7. The van der Waals surface area contributed by atoms with E-state index in [9.17, 15) is 9.59 Å². The molecule has 0 unspecified atom stereocenters. The molecular formula is C26H32N4O2S. The van der Waals surface area contributed by atoms with Gasteiger partial charge in [-0.1, -0.05) is 43.7 Å². The van der Waals surface area contributed by atoms with Gasteiger partial charge in [-0.15, -0.1) is 11.3 Å². The number of hydrogen-bond acceptors (Lipinski definition) is 6. The SMILES string of the molecule is CCC1=CC=C(C(=O)CCCC(=O)N2CCN(c3ncnc4sc(CC)cc34)CC2)C=CC1. The monoisotopic (exact) mass is 464 g/mol. The van der Waals surface area contributed by atoms with Crippen molar-refractivity contribution >= 4 is 39.1 Å². The number of hydrogen-bond donors (Lipinski definition) is 0. The molecule has 1 aliphatic carbocycles. The largest absolute Gasteiger partial charge is 0.352 e. The summed E-state index contributed by atoms with van der Waals surface area (Å²) in [4.78, 5) is 40.8. The number of allylic oxidation sites excluding steroid dienone is 6. The van der Waals surface area contributed by atoms with E-state index in [1.807, 2.05) is 17.1 Å². The van der Waals surface area contributed by atoms with Gasteiger partial charge in [-0.25, -0.2) is 9.97 Å². The van der Waals surface area contributed by atoms with Crippen LogP contribution in [0.15, 0.2) is 47.8 Å². The number of anilines is 1. The van der Waals surface area contributed by atoms with E-state index in [1.54, 1.807) is 17.7 Å². The van der Waals surface area contributed by atoms with Crippen LogP contribution in [0.2, 0.25) is 0 Å². The Morgan fingerprint density at radius 2 is 1.85 bits per heavy atom. The second kappa shape index (κ2) is 10.9. The molecule has 2 aromatic rings. The van der Waals surface area contributed by atoms with Crippen LogP contribution in [-0.4, -0.2) is 52.7 Å². The summed E-state index contributed by atoms with van der Waals surface area (Å²) >= 11 is 1.72. The summed E-state index contributed by atoms with van der Waals surface area (Å²) in [5.41, 5.74) is 2.08. The molecule has 0 atom stereocenters. The highest BCUT2D eigenvalue weighted by atomic mass is 32.1. The molecule has 3 heterocycles. The topological polar surface area (TPSA) is 66.4 Å². The molecule has 33 heavy (non-hydrogen) atoms. The van der Waals surface area contributed by atoms with E-state index >= 15 is 0 Å². The molecule has 0 bridgehead atoms. The summed E-state index contributed by atoms with van der Waals surface area (Å²) in [6.45, 7) is 7.17. The number of carbonyl (C=O) groups excluding carboxylic acids is 2. The van der Waals surface area contributed by atoms with Crippen molar-refractivity contribution in [2.45, 2.75) is 52.4 Å². The minimum Gasteiger partial charge on any atom is -0.352 e. The van der Waals surface area contributed by atoms with Gasteiger partial charge in [0.05, 0.1) is 5.39 Å². The number of thiophene rings is 1. The van der Waals surface area contributed by atoms with Gasteiger partial charge >= 0.3 is 0 Å². The molecule has 1 amide bonds. The first-order valence-electron chi connectivity index (χ1n) is 11.9. The molecule has 1 aliphatic heterocycles. The van der Waals surface area contributed by atoms with Crippen LogP contribution in [0.5, 0.6) is 0 Å². The van der Waals surface area contributed by atoms with Crippen molar-refractivity contribution in [1.29, 1.82) is 0 Å². The van der Waals surface area contributed by atoms with Gasteiger partial charge in [-0.05, 0) is 31.7 Å². The third-order valence-electron chi connectivity index (χ3n) is 6.39. The number of piperazine rings is 1. The zero-order valence-electron chi connectivity index (χ0n) is 19.5. The first-order valence-corrected chi connectivity index (χ1v) is 12.8. The summed E-state index contributed by atoms with van der Waals surface area (Å²) in [7, 11) is 0. The molecular weight excluding hydrogens is 432 g/mol. The number of carbonyl (C=O) groups is 2. The Kier molecular flexibility index (Phi) is 7.70. The highest BCUT2D eigenvalue weighted by Crippen LogP contribution is 2.31. The fourth-order valence-corrected chi connectivity index (χ4v) is 5.24. The first kappa shape index (κ1) is 23.4. The molecule has 0 saturated carbocycles. The Morgan fingerprint density at radius 1 is 1.03 bits per heavy atom. The average Bonchev–Trinajstić information content (AvgIpc) is 3.13. The van der Waals surface area contributed by atoms with Gasteiger partial charge in [0.2, 0.25) is 5.91 Å². The number of amides is 1. The fourth-order valence-electron chi connectivity index (χ4n) is 4.31. The second-order valence-electron chi connectivity index (χ2n) is 8.53. The van der Waals surface area contributed by atoms with Crippen molar-refractivity contribution in [3.63, 3.8) is 0 Å².